The van der Waals surface area contributed by atoms with Gasteiger partial charge in [-0.05, 0) is 71.4 Å². The van der Waals surface area contributed by atoms with Crippen LogP contribution in [0.4, 0.5) is 11.4 Å². The Morgan fingerprint density at radius 3 is 2.24 bits per heavy atom. The van der Waals surface area contributed by atoms with Gasteiger partial charge in [0.2, 0.25) is 0 Å². The Bertz CT molecular complexity index is 1180. The summed E-state index contributed by atoms with van der Waals surface area (Å²) in [6.45, 7) is 1.87. The summed E-state index contributed by atoms with van der Waals surface area (Å²) in [7, 11) is -3.80. The molecule has 0 aliphatic carbocycles. The van der Waals surface area contributed by atoms with Gasteiger partial charge < -0.3 is 5.32 Å². The summed E-state index contributed by atoms with van der Waals surface area (Å²) in [6, 6.07) is 15.8. The summed E-state index contributed by atoms with van der Waals surface area (Å²) in [5.41, 5.74) is 1.91. The maximum absolute atomic E-state index is 12.5. The van der Waals surface area contributed by atoms with Crippen molar-refractivity contribution >= 4 is 66.4 Å². The molecule has 1 amide bonds. The minimum absolute atomic E-state index is 0.0992. The van der Waals surface area contributed by atoms with Gasteiger partial charge in [-0.15, -0.1) is 0 Å². The van der Waals surface area contributed by atoms with Crippen molar-refractivity contribution in [2.45, 2.75) is 11.8 Å². The van der Waals surface area contributed by atoms with E-state index >= 15 is 0 Å². The monoisotopic (exact) mass is 512 g/mol. The van der Waals surface area contributed by atoms with Crippen LogP contribution < -0.4 is 10.0 Å². The highest BCUT2D eigenvalue weighted by atomic mass is 79.9. The van der Waals surface area contributed by atoms with Gasteiger partial charge >= 0.3 is 0 Å². The van der Waals surface area contributed by atoms with Crippen molar-refractivity contribution in [2.75, 3.05) is 10.0 Å². The van der Waals surface area contributed by atoms with Crippen LogP contribution in [0, 0.1) is 6.92 Å². The summed E-state index contributed by atoms with van der Waals surface area (Å²) in [4.78, 5) is 12.6. The summed E-state index contributed by atoms with van der Waals surface area (Å²) < 4.78 is 28.2. The molecule has 0 bridgehead atoms. The largest absolute Gasteiger partial charge is 0.322 e. The van der Waals surface area contributed by atoms with Crippen molar-refractivity contribution in [1.29, 1.82) is 0 Å². The number of carbonyl (C=O) groups excluding carboxylic acids is 1. The zero-order valence-electron chi connectivity index (χ0n) is 15.0. The van der Waals surface area contributed by atoms with Gasteiger partial charge in [0.05, 0.1) is 20.6 Å². The molecule has 3 rings (SSSR count). The quantitative estimate of drug-likeness (QED) is 0.431. The number of hydrogen-bond acceptors (Lipinski definition) is 3. The van der Waals surface area contributed by atoms with Gasteiger partial charge in [-0.2, -0.15) is 0 Å². The Labute approximate surface area is 187 Å². The average molecular weight is 514 g/mol. The van der Waals surface area contributed by atoms with Crippen LogP contribution >= 0.6 is 39.1 Å². The van der Waals surface area contributed by atoms with Crippen LogP contribution in [-0.4, -0.2) is 14.3 Å². The normalized spacial score (nSPS) is 11.2. The topological polar surface area (TPSA) is 75.3 Å². The van der Waals surface area contributed by atoms with Crippen molar-refractivity contribution in [3.8, 4) is 0 Å². The summed E-state index contributed by atoms with van der Waals surface area (Å²) in [5, 5.41) is 3.27. The molecule has 0 aliphatic rings. The lowest BCUT2D eigenvalue weighted by Crippen LogP contribution is -2.15. The first kappa shape index (κ1) is 21.6. The van der Waals surface area contributed by atoms with Gasteiger partial charge in [-0.1, -0.05) is 40.9 Å². The molecule has 9 heteroatoms. The van der Waals surface area contributed by atoms with Gasteiger partial charge in [0.15, 0.2) is 0 Å². The predicted molar refractivity (Wildman–Crippen MR) is 121 cm³/mol. The van der Waals surface area contributed by atoms with E-state index in [9.17, 15) is 13.2 Å². The van der Waals surface area contributed by atoms with Crippen LogP contribution in [0.2, 0.25) is 10.0 Å². The number of benzene rings is 3. The van der Waals surface area contributed by atoms with E-state index in [1.54, 1.807) is 30.3 Å². The van der Waals surface area contributed by atoms with E-state index in [0.29, 0.717) is 15.2 Å². The average Bonchev–Trinajstić information content (AvgIpc) is 2.66. The third-order valence-corrected chi connectivity index (χ3v) is 6.91. The zero-order chi connectivity index (χ0) is 21.2. The zero-order valence-corrected chi connectivity index (χ0v) is 19.0. The smallest absolute Gasteiger partial charge is 0.261 e. The summed E-state index contributed by atoms with van der Waals surface area (Å²) in [6.07, 6.45) is 0. The Kier molecular flexibility index (Phi) is 6.53. The van der Waals surface area contributed by atoms with Crippen molar-refractivity contribution in [3.05, 3.63) is 86.3 Å². The van der Waals surface area contributed by atoms with Crippen LogP contribution in [0.5, 0.6) is 0 Å². The molecule has 29 heavy (non-hydrogen) atoms. The second-order valence-corrected chi connectivity index (χ2v) is 9.55. The molecule has 5 nitrogen and oxygen atoms in total. The standard InChI is InChI=1S/C20H15BrCl2N2O3S/c1-12-2-6-15(7-3-12)29(27,28)25-19-9-4-13(10-18(19)23)20(26)24-14-5-8-16(21)17(22)11-14/h2-11,25H,1H3,(H,24,26). The number of rotatable bonds is 5. The SMILES string of the molecule is Cc1ccc(S(=O)(=O)Nc2ccc(C(=O)Nc3ccc(Br)c(Cl)c3)cc2Cl)cc1. The molecule has 0 heterocycles. The number of anilines is 2. The number of nitrogens with one attached hydrogen (secondary N) is 2. The fourth-order valence-electron chi connectivity index (χ4n) is 2.44. The summed E-state index contributed by atoms with van der Waals surface area (Å²) >= 11 is 15.5. The lowest BCUT2D eigenvalue weighted by Gasteiger charge is -2.12. The van der Waals surface area contributed by atoms with Crippen molar-refractivity contribution in [1.82, 2.24) is 0 Å². The van der Waals surface area contributed by atoms with E-state index in [1.807, 2.05) is 6.92 Å². The first-order valence-corrected chi connectivity index (χ1v) is 11.3. The molecule has 0 saturated heterocycles. The number of sulfonamides is 1. The molecular formula is C20H15BrCl2N2O3S. The number of halogens is 3. The van der Waals surface area contributed by atoms with Crippen molar-refractivity contribution in [2.24, 2.45) is 0 Å². The van der Waals surface area contributed by atoms with Gasteiger partial charge in [0.25, 0.3) is 15.9 Å². The fourth-order valence-corrected chi connectivity index (χ4v) is 4.23. The van der Waals surface area contributed by atoms with Crippen LogP contribution in [0.25, 0.3) is 0 Å². The molecule has 0 fully saturated rings. The second kappa shape index (κ2) is 8.75. The van der Waals surface area contributed by atoms with Crippen molar-refractivity contribution < 1.29 is 13.2 Å². The first-order valence-electron chi connectivity index (χ1n) is 8.31. The van der Waals surface area contributed by atoms with E-state index in [0.717, 1.165) is 5.56 Å². The van der Waals surface area contributed by atoms with E-state index in [2.05, 4.69) is 26.0 Å². The molecule has 0 atom stereocenters. The number of amides is 1. The van der Waals surface area contributed by atoms with Crippen LogP contribution in [-0.2, 0) is 10.0 Å². The molecule has 0 radical (unpaired) electrons. The van der Waals surface area contributed by atoms with Crippen LogP contribution in [0.3, 0.4) is 0 Å². The van der Waals surface area contributed by atoms with Gasteiger partial charge in [-0.3, -0.25) is 9.52 Å². The lowest BCUT2D eigenvalue weighted by atomic mass is 10.2. The molecule has 0 saturated carbocycles. The van der Waals surface area contributed by atoms with E-state index in [-0.39, 0.29) is 21.2 Å². The second-order valence-electron chi connectivity index (χ2n) is 6.20. The van der Waals surface area contributed by atoms with Gasteiger partial charge in [0, 0.05) is 15.7 Å². The van der Waals surface area contributed by atoms with Gasteiger partial charge in [0.1, 0.15) is 0 Å². The first-order chi connectivity index (χ1) is 13.7. The minimum Gasteiger partial charge on any atom is -0.322 e. The van der Waals surface area contributed by atoms with E-state index < -0.39 is 15.9 Å². The van der Waals surface area contributed by atoms with E-state index in [1.165, 1.54) is 30.3 Å². The van der Waals surface area contributed by atoms with Gasteiger partial charge in [-0.25, -0.2) is 8.42 Å². The molecule has 3 aromatic carbocycles. The maximum Gasteiger partial charge on any atom is 0.261 e. The molecule has 150 valence electrons. The molecule has 3 aromatic rings. The van der Waals surface area contributed by atoms with Crippen LogP contribution in [0.15, 0.2) is 70.0 Å². The number of carbonyl (C=O) groups is 1. The van der Waals surface area contributed by atoms with E-state index in [4.69, 9.17) is 23.2 Å². The molecule has 2 N–H and O–H groups in total. The molecule has 0 spiro atoms. The number of hydrogen-bond donors (Lipinski definition) is 2. The molecule has 0 unspecified atom stereocenters. The molecular weight excluding hydrogens is 499 g/mol. The molecule has 0 aliphatic heterocycles. The lowest BCUT2D eigenvalue weighted by molar-refractivity contribution is 0.102. The number of aryl methyl sites for hydroxylation is 1. The minimum atomic E-state index is -3.80. The van der Waals surface area contributed by atoms with Crippen molar-refractivity contribution in [3.63, 3.8) is 0 Å². The maximum atomic E-state index is 12.5. The summed E-state index contributed by atoms with van der Waals surface area (Å²) in [5.74, 6) is -0.404. The fraction of sp³-hybridized carbons (Fsp3) is 0.0500. The van der Waals surface area contributed by atoms with Crippen LogP contribution in [0.1, 0.15) is 15.9 Å². The Morgan fingerprint density at radius 2 is 1.62 bits per heavy atom. The highest BCUT2D eigenvalue weighted by Gasteiger charge is 2.17. The Morgan fingerprint density at radius 1 is 0.931 bits per heavy atom. The molecule has 0 aromatic heterocycles. The third kappa shape index (κ3) is 5.30. The third-order valence-electron chi connectivity index (χ3n) is 3.98. The highest BCUT2D eigenvalue weighted by Crippen LogP contribution is 2.28. The Hall–Kier alpha value is -2.06. The highest BCUT2D eigenvalue weighted by molar-refractivity contribution is 9.10. The predicted octanol–water partition coefficient (Wildman–Crippen LogP) is 6.12. The Balaban J connectivity index is 1.78.